The largest absolute Gasteiger partial charge is 0.494 e. The average molecular weight is 584 g/mol. The van der Waals surface area contributed by atoms with Gasteiger partial charge in [0.05, 0.1) is 13.2 Å². The number of fused-ring (bicyclic) bond motifs is 1. The van der Waals surface area contributed by atoms with Crippen molar-refractivity contribution >= 4 is 22.5 Å². The number of halogens is 3. The minimum atomic E-state index is -4.64. The van der Waals surface area contributed by atoms with Gasteiger partial charge in [0.1, 0.15) is 29.8 Å². The van der Waals surface area contributed by atoms with Gasteiger partial charge in [-0.15, -0.1) is 0 Å². The number of oxime groups is 1. The van der Waals surface area contributed by atoms with Gasteiger partial charge in [-0.3, -0.25) is 4.79 Å². The fourth-order valence-electron chi connectivity index (χ4n) is 4.94. The van der Waals surface area contributed by atoms with Gasteiger partial charge >= 0.3 is 6.18 Å². The number of oxazole rings is 1. The number of hydrogen-bond acceptors (Lipinski definition) is 10. The third-order valence-electron chi connectivity index (χ3n) is 6.98. The standard InChI is InChI=1S/C28H28F3N7O4/c1-15(32)24-23(27(39)38-13-9-16(10-14-38)21(37-41-3)25-33-11-4-12-34-25)36-26(42-24)18-5-7-19(40-2)22-17(18)6-8-20(35-22)28(29,30)31/h4-8,11-12,15-16H,9-10,13-14,32H2,1-3H3/b37-21-/t15-/m0/s1. The SMILES string of the molecule is CO/N=C(\c1ncccn1)C1CCN(C(=O)c2nc(-c3ccc(OC)c4nc(C(F)(F)F)ccc34)oc2[C@H](C)N)CC1. The number of benzene rings is 1. The summed E-state index contributed by atoms with van der Waals surface area (Å²) in [6.07, 6.45) is -0.221. The third-order valence-corrected chi connectivity index (χ3v) is 6.98. The lowest BCUT2D eigenvalue weighted by Gasteiger charge is -2.31. The van der Waals surface area contributed by atoms with Crippen LogP contribution in [0.25, 0.3) is 22.4 Å². The predicted octanol–water partition coefficient (Wildman–Crippen LogP) is 4.63. The molecule has 4 heterocycles. The molecule has 4 aromatic rings. The van der Waals surface area contributed by atoms with Crippen molar-refractivity contribution in [2.75, 3.05) is 27.3 Å². The summed E-state index contributed by atoms with van der Waals surface area (Å²) in [7, 11) is 2.79. The van der Waals surface area contributed by atoms with Crippen LogP contribution in [0.1, 0.15) is 53.6 Å². The maximum atomic E-state index is 13.7. The zero-order chi connectivity index (χ0) is 30.0. The summed E-state index contributed by atoms with van der Waals surface area (Å²) in [6, 6.07) is 6.25. The normalized spacial score (nSPS) is 15.6. The molecule has 42 heavy (non-hydrogen) atoms. The Bertz CT molecular complexity index is 1620. The first-order valence-corrected chi connectivity index (χ1v) is 13.1. The number of nitrogens with two attached hydrogens (primary N) is 1. The van der Waals surface area contributed by atoms with E-state index in [1.165, 1.54) is 26.4 Å². The highest BCUT2D eigenvalue weighted by Gasteiger charge is 2.35. The molecule has 0 aliphatic carbocycles. The summed E-state index contributed by atoms with van der Waals surface area (Å²) in [5.74, 6) is 0.415. The van der Waals surface area contributed by atoms with E-state index in [0.717, 1.165) is 6.07 Å². The van der Waals surface area contributed by atoms with E-state index >= 15 is 0 Å². The van der Waals surface area contributed by atoms with Crippen molar-refractivity contribution in [1.82, 2.24) is 24.8 Å². The zero-order valence-corrected chi connectivity index (χ0v) is 23.1. The maximum absolute atomic E-state index is 13.7. The van der Waals surface area contributed by atoms with Gasteiger partial charge in [-0.25, -0.2) is 19.9 Å². The number of pyridine rings is 1. The number of aromatic nitrogens is 4. The lowest BCUT2D eigenvalue weighted by molar-refractivity contribution is -0.140. The molecule has 0 saturated carbocycles. The van der Waals surface area contributed by atoms with Crippen LogP contribution in [0.3, 0.4) is 0 Å². The van der Waals surface area contributed by atoms with Crippen LogP contribution in [-0.2, 0) is 11.0 Å². The summed E-state index contributed by atoms with van der Waals surface area (Å²) < 4.78 is 51.3. The molecule has 1 aliphatic heterocycles. The molecule has 1 fully saturated rings. The maximum Gasteiger partial charge on any atom is 0.433 e. The lowest BCUT2D eigenvalue weighted by Crippen LogP contribution is -2.41. The molecule has 0 radical (unpaired) electrons. The highest BCUT2D eigenvalue weighted by Crippen LogP contribution is 2.37. The molecular weight excluding hydrogens is 555 g/mol. The van der Waals surface area contributed by atoms with Gasteiger partial charge in [-0.05, 0) is 50.1 Å². The second-order valence-electron chi connectivity index (χ2n) is 9.72. The van der Waals surface area contributed by atoms with Crippen LogP contribution in [-0.4, -0.2) is 63.8 Å². The van der Waals surface area contributed by atoms with Crippen molar-refractivity contribution in [3.05, 3.63) is 65.7 Å². The number of rotatable bonds is 7. The van der Waals surface area contributed by atoms with Crippen molar-refractivity contribution in [3.63, 3.8) is 0 Å². The fourth-order valence-corrected chi connectivity index (χ4v) is 4.94. The van der Waals surface area contributed by atoms with Crippen LogP contribution >= 0.6 is 0 Å². The van der Waals surface area contributed by atoms with Crippen LogP contribution in [0, 0.1) is 5.92 Å². The van der Waals surface area contributed by atoms with Crippen LogP contribution in [0.2, 0.25) is 0 Å². The molecule has 1 amide bonds. The van der Waals surface area contributed by atoms with Crippen molar-refractivity contribution < 1.29 is 32.0 Å². The number of nitrogens with zero attached hydrogens (tertiary/aromatic N) is 6. The van der Waals surface area contributed by atoms with Crippen molar-refractivity contribution in [2.45, 2.75) is 32.0 Å². The molecule has 14 heteroatoms. The molecule has 5 rings (SSSR count). The Balaban J connectivity index is 1.44. The van der Waals surface area contributed by atoms with E-state index in [4.69, 9.17) is 19.7 Å². The topological polar surface area (TPSA) is 142 Å². The number of carbonyl (C=O) groups is 1. The summed E-state index contributed by atoms with van der Waals surface area (Å²) in [4.78, 5) is 37.2. The van der Waals surface area contributed by atoms with Crippen LogP contribution in [0.5, 0.6) is 5.75 Å². The second-order valence-corrected chi connectivity index (χ2v) is 9.72. The highest BCUT2D eigenvalue weighted by atomic mass is 19.4. The van der Waals surface area contributed by atoms with E-state index in [1.54, 1.807) is 36.4 Å². The number of methoxy groups -OCH3 is 1. The van der Waals surface area contributed by atoms with Crippen molar-refractivity contribution in [3.8, 4) is 17.2 Å². The molecule has 1 aromatic carbocycles. The molecule has 1 saturated heterocycles. The van der Waals surface area contributed by atoms with Gasteiger partial charge in [-0.2, -0.15) is 13.2 Å². The predicted molar refractivity (Wildman–Crippen MR) is 146 cm³/mol. The fraction of sp³-hybridized carbons (Fsp3) is 0.357. The number of ether oxygens (including phenoxy) is 1. The molecule has 220 valence electrons. The number of alkyl halides is 3. The summed E-state index contributed by atoms with van der Waals surface area (Å²) in [5, 5.41) is 4.46. The quantitative estimate of drug-likeness (QED) is 0.243. The third kappa shape index (κ3) is 5.62. The Kier molecular flexibility index (Phi) is 8.07. The molecule has 3 aromatic heterocycles. The van der Waals surface area contributed by atoms with Crippen molar-refractivity contribution in [1.29, 1.82) is 0 Å². The number of amides is 1. The first-order valence-electron chi connectivity index (χ1n) is 13.1. The van der Waals surface area contributed by atoms with E-state index in [9.17, 15) is 18.0 Å². The lowest BCUT2D eigenvalue weighted by atomic mass is 9.91. The number of carbonyl (C=O) groups excluding carboxylic acids is 1. The van der Waals surface area contributed by atoms with Crippen molar-refractivity contribution in [2.24, 2.45) is 16.8 Å². The Morgan fingerprint density at radius 2 is 1.83 bits per heavy atom. The minimum Gasteiger partial charge on any atom is -0.494 e. The average Bonchev–Trinajstić information content (AvgIpc) is 3.44. The molecular formula is C28H28F3N7O4. The zero-order valence-electron chi connectivity index (χ0n) is 23.1. The van der Waals surface area contributed by atoms with E-state index in [0.29, 0.717) is 48.4 Å². The second kappa shape index (κ2) is 11.7. The van der Waals surface area contributed by atoms with E-state index < -0.39 is 17.9 Å². The van der Waals surface area contributed by atoms with Gasteiger partial charge in [0.25, 0.3) is 5.91 Å². The number of piperidine rings is 1. The molecule has 1 aliphatic rings. The molecule has 11 nitrogen and oxygen atoms in total. The molecule has 0 bridgehead atoms. The van der Waals surface area contributed by atoms with Gasteiger partial charge in [-0.1, -0.05) is 5.16 Å². The first-order chi connectivity index (χ1) is 20.1. The number of hydrogen-bond donors (Lipinski definition) is 1. The van der Waals surface area contributed by atoms with Crippen LogP contribution in [0.15, 0.2) is 52.3 Å². The summed E-state index contributed by atoms with van der Waals surface area (Å²) in [5.41, 5.74) is 6.07. The van der Waals surface area contributed by atoms with E-state index in [2.05, 4.69) is 25.1 Å². The van der Waals surface area contributed by atoms with Gasteiger partial charge in [0.2, 0.25) is 5.89 Å². The molecule has 2 N–H and O–H groups in total. The Morgan fingerprint density at radius 1 is 1.12 bits per heavy atom. The molecule has 0 unspecified atom stereocenters. The van der Waals surface area contributed by atoms with E-state index in [1.807, 2.05) is 0 Å². The highest BCUT2D eigenvalue weighted by molar-refractivity contribution is 6.00. The number of likely N-dealkylation sites (tertiary alicyclic amines) is 1. The van der Waals surface area contributed by atoms with Crippen LogP contribution < -0.4 is 10.5 Å². The Morgan fingerprint density at radius 3 is 2.45 bits per heavy atom. The Hall–Kier alpha value is -4.59. The first kappa shape index (κ1) is 28.9. The smallest absolute Gasteiger partial charge is 0.433 e. The minimum absolute atomic E-state index is 0.0174. The van der Waals surface area contributed by atoms with E-state index in [-0.39, 0.29) is 40.4 Å². The molecule has 1 atom stereocenters. The van der Waals surface area contributed by atoms with Gasteiger partial charge < -0.3 is 24.6 Å². The summed E-state index contributed by atoms with van der Waals surface area (Å²) in [6.45, 7) is 2.45. The summed E-state index contributed by atoms with van der Waals surface area (Å²) >= 11 is 0. The monoisotopic (exact) mass is 583 g/mol. The molecule has 0 spiro atoms. The van der Waals surface area contributed by atoms with Gasteiger partial charge in [0, 0.05) is 42.4 Å². The van der Waals surface area contributed by atoms with Gasteiger partial charge in [0.15, 0.2) is 17.3 Å². The Labute approximate surface area is 238 Å². The van der Waals surface area contributed by atoms with Crippen LogP contribution in [0.4, 0.5) is 13.2 Å².